The zero-order chi connectivity index (χ0) is 14.1. The van der Waals surface area contributed by atoms with Gasteiger partial charge >= 0.3 is 5.97 Å². The van der Waals surface area contributed by atoms with Crippen molar-refractivity contribution in [1.82, 2.24) is 4.90 Å². The van der Waals surface area contributed by atoms with Crippen LogP contribution in [0.2, 0.25) is 0 Å². The number of carbonyl (C=O) groups is 2. The maximum atomic E-state index is 12.3. The first-order chi connectivity index (χ1) is 9.19. The SMILES string of the molecule is CCOC(=O)/C=C/CC(CC)C(=O)N1CCOCC1. The van der Waals surface area contributed by atoms with Crippen LogP contribution in [0.1, 0.15) is 26.7 Å². The summed E-state index contributed by atoms with van der Waals surface area (Å²) < 4.78 is 10.0. The van der Waals surface area contributed by atoms with Crippen LogP contribution < -0.4 is 0 Å². The van der Waals surface area contributed by atoms with Gasteiger partial charge in [-0.15, -0.1) is 0 Å². The summed E-state index contributed by atoms with van der Waals surface area (Å²) in [6.45, 7) is 6.67. The number of morpholine rings is 1. The molecule has 1 heterocycles. The molecule has 0 N–H and O–H groups in total. The van der Waals surface area contributed by atoms with Gasteiger partial charge in [-0.25, -0.2) is 4.79 Å². The van der Waals surface area contributed by atoms with Crippen LogP contribution in [0.3, 0.4) is 0 Å². The van der Waals surface area contributed by atoms with Crippen LogP contribution >= 0.6 is 0 Å². The topological polar surface area (TPSA) is 55.8 Å². The normalized spacial score (nSPS) is 17.5. The molecule has 1 rings (SSSR count). The summed E-state index contributed by atoms with van der Waals surface area (Å²) in [5, 5.41) is 0. The summed E-state index contributed by atoms with van der Waals surface area (Å²) in [7, 11) is 0. The lowest BCUT2D eigenvalue weighted by molar-refractivity contribution is -0.140. The van der Waals surface area contributed by atoms with Gasteiger partial charge < -0.3 is 14.4 Å². The Morgan fingerprint density at radius 2 is 2.00 bits per heavy atom. The van der Waals surface area contributed by atoms with E-state index in [4.69, 9.17) is 9.47 Å². The summed E-state index contributed by atoms with van der Waals surface area (Å²) in [5.74, 6) is -0.265. The Bertz CT molecular complexity index is 321. The molecule has 0 saturated carbocycles. The Kier molecular flexibility index (Phi) is 7.18. The van der Waals surface area contributed by atoms with E-state index in [9.17, 15) is 9.59 Å². The van der Waals surface area contributed by atoms with Crippen LogP contribution in [0.25, 0.3) is 0 Å². The van der Waals surface area contributed by atoms with E-state index in [1.165, 1.54) is 6.08 Å². The molecule has 0 spiro atoms. The molecule has 1 unspecified atom stereocenters. The fraction of sp³-hybridized carbons (Fsp3) is 0.714. The van der Waals surface area contributed by atoms with Crippen LogP contribution in [0.15, 0.2) is 12.2 Å². The highest BCUT2D eigenvalue weighted by molar-refractivity contribution is 5.82. The molecule has 0 aromatic heterocycles. The maximum Gasteiger partial charge on any atom is 0.330 e. The minimum atomic E-state index is -0.351. The van der Waals surface area contributed by atoms with Gasteiger partial charge in [0.1, 0.15) is 0 Å². The van der Waals surface area contributed by atoms with Gasteiger partial charge in [-0.2, -0.15) is 0 Å². The number of hydrogen-bond donors (Lipinski definition) is 0. The van der Waals surface area contributed by atoms with Crippen LogP contribution in [-0.2, 0) is 19.1 Å². The smallest absolute Gasteiger partial charge is 0.330 e. The second-order valence-corrected chi connectivity index (χ2v) is 4.43. The largest absolute Gasteiger partial charge is 0.463 e. The Hall–Kier alpha value is -1.36. The van der Waals surface area contributed by atoms with Gasteiger partial charge in [-0.1, -0.05) is 13.0 Å². The molecule has 1 amide bonds. The number of amides is 1. The van der Waals surface area contributed by atoms with E-state index in [-0.39, 0.29) is 17.8 Å². The second kappa shape index (κ2) is 8.69. The first kappa shape index (κ1) is 15.7. The molecule has 108 valence electrons. The van der Waals surface area contributed by atoms with Crippen molar-refractivity contribution in [2.45, 2.75) is 26.7 Å². The lowest BCUT2D eigenvalue weighted by atomic mass is 10.00. The molecule has 1 fully saturated rings. The zero-order valence-corrected chi connectivity index (χ0v) is 11.8. The van der Waals surface area contributed by atoms with Crippen molar-refractivity contribution < 1.29 is 19.1 Å². The van der Waals surface area contributed by atoms with Crippen molar-refractivity contribution in [1.29, 1.82) is 0 Å². The number of nitrogens with zero attached hydrogens (tertiary/aromatic N) is 1. The number of carbonyl (C=O) groups excluding carboxylic acids is 2. The summed E-state index contributed by atoms with van der Waals surface area (Å²) in [5.41, 5.74) is 0. The monoisotopic (exact) mass is 269 g/mol. The molecule has 5 nitrogen and oxygen atoms in total. The third-order valence-corrected chi connectivity index (χ3v) is 3.13. The van der Waals surface area contributed by atoms with E-state index in [1.54, 1.807) is 13.0 Å². The number of esters is 1. The highest BCUT2D eigenvalue weighted by atomic mass is 16.5. The molecule has 1 atom stereocenters. The molecule has 0 radical (unpaired) electrons. The lowest BCUT2D eigenvalue weighted by Gasteiger charge is -2.29. The molecular formula is C14H23NO4. The van der Waals surface area contributed by atoms with Crippen molar-refractivity contribution >= 4 is 11.9 Å². The predicted molar refractivity (Wildman–Crippen MR) is 71.6 cm³/mol. The maximum absolute atomic E-state index is 12.3. The third-order valence-electron chi connectivity index (χ3n) is 3.13. The first-order valence-electron chi connectivity index (χ1n) is 6.88. The highest BCUT2D eigenvalue weighted by Crippen LogP contribution is 2.14. The van der Waals surface area contributed by atoms with Crippen LogP contribution in [-0.4, -0.2) is 49.7 Å². The minimum Gasteiger partial charge on any atom is -0.463 e. The van der Waals surface area contributed by atoms with Gasteiger partial charge in [0.2, 0.25) is 5.91 Å². The molecule has 1 aliphatic heterocycles. The van der Waals surface area contributed by atoms with Crippen LogP contribution in [0, 0.1) is 5.92 Å². The molecule has 19 heavy (non-hydrogen) atoms. The van der Waals surface area contributed by atoms with Gasteiger partial charge in [0.05, 0.1) is 19.8 Å². The van der Waals surface area contributed by atoms with Gasteiger partial charge in [0.25, 0.3) is 0 Å². The van der Waals surface area contributed by atoms with Crippen molar-refractivity contribution in [3.63, 3.8) is 0 Å². The van der Waals surface area contributed by atoms with Crippen LogP contribution in [0.4, 0.5) is 0 Å². The van der Waals surface area contributed by atoms with E-state index in [2.05, 4.69) is 0 Å². The molecule has 0 aromatic carbocycles. The molecular weight excluding hydrogens is 246 g/mol. The van der Waals surface area contributed by atoms with E-state index in [1.807, 2.05) is 11.8 Å². The summed E-state index contributed by atoms with van der Waals surface area (Å²) >= 11 is 0. The Labute approximate surface area is 114 Å². The lowest BCUT2D eigenvalue weighted by Crippen LogP contribution is -2.43. The van der Waals surface area contributed by atoms with Crippen molar-refractivity contribution in [3.05, 3.63) is 12.2 Å². The molecule has 0 aromatic rings. The Balaban J connectivity index is 2.43. The average Bonchev–Trinajstić information content (AvgIpc) is 2.44. The number of rotatable bonds is 6. The van der Waals surface area contributed by atoms with Crippen molar-refractivity contribution in [2.75, 3.05) is 32.9 Å². The summed E-state index contributed by atoms with van der Waals surface area (Å²) in [4.78, 5) is 25.3. The molecule has 5 heteroatoms. The molecule has 1 aliphatic rings. The second-order valence-electron chi connectivity index (χ2n) is 4.43. The third kappa shape index (κ3) is 5.42. The first-order valence-corrected chi connectivity index (χ1v) is 6.88. The Morgan fingerprint density at radius 3 is 2.58 bits per heavy atom. The average molecular weight is 269 g/mol. The van der Waals surface area contributed by atoms with E-state index in [0.717, 1.165) is 6.42 Å². The number of ether oxygens (including phenoxy) is 2. The van der Waals surface area contributed by atoms with E-state index in [0.29, 0.717) is 39.3 Å². The molecule has 0 bridgehead atoms. The highest BCUT2D eigenvalue weighted by Gasteiger charge is 2.23. The Morgan fingerprint density at radius 1 is 1.32 bits per heavy atom. The minimum absolute atomic E-state index is 0.0659. The summed E-state index contributed by atoms with van der Waals surface area (Å²) in [6.07, 6.45) is 4.47. The van der Waals surface area contributed by atoms with Gasteiger partial charge in [0, 0.05) is 25.1 Å². The van der Waals surface area contributed by atoms with Gasteiger partial charge in [-0.3, -0.25) is 4.79 Å². The molecule has 1 saturated heterocycles. The van der Waals surface area contributed by atoms with Crippen molar-refractivity contribution in [2.24, 2.45) is 5.92 Å². The standard InChI is InChI=1S/C14H23NO4/c1-3-12(6-5-7-13(16)19-4-2)14(17)15-8-10-18-11-9-15/h5,7,12H,3-4,6,8-11H2,1-2H3/b7-5+. The van der Waals surface area contributed by atoms with E-state index < -0.39 is 0 Å². The predicted octanol–water partition coefficient (Wildman–Crippen LogP) is 1.38. The van der Waals surface area contributed by atoms with Crippen molar-refractivity contribution in [3.8, 4) is 0 Å². The fourth-order valence-electron chi connectivity index (χ4n) is 2.00. The zero-order valence-electron chi connectivity index (χ0n) is 11.8. The van der Waals surface area contributed by atoms with Gasteiger partial charge in [-0.05, 0) is 19.8 Å². The quantitative estimate of drug-likeness (QED) is 0.540. The summed E-state index contributed by atoms with van der Waals surface area (Å²) in [6, 6.07) is 0. The van der Waals surface area contributed by atoms with E-state index >= 15 is 0 Å². The number of hydrogen-bond acceptors (Lipinski definition) is 4. The van der Waals surface area contributed by atoms with Crippen LogP contribution in [0.5, 0.6) is 0 Å². The fourth-order valence-corrected chi connectivity index (χ4v) is 2.00. The number of allylic oxidation sites excluding steroid dienone is 1. The molecule has 0 aliphatic carbocycles. The van der Waals surface area contributed by atoms with Gasteiger partial charge in [0.15, 0.2) is 0 Å².